The average molecular weight is 302 g/mol. The van der Waals surface area contributed by atoms with Crippen LogP contribution < -0.4 is 0 Å². The molecule has 0 aromatic heterocycles. The quantitative estimate of drug-likeness (QED) is 0.742. The van der Waals surface area contributed by atoms with Gasteiger partial charge in [0.2, 0.25) is 0 Å². The van der Waals surface area contributed by atoms with Crippen LogP contribution in [0.1, 0.15) is 12.5 Å². The largest absolute Gasteiger partial charge is 0.390 e. The number of allylic oxidation sites excluding steroid dienone is 1. The molecule has 4 nitrogen and oxygen atoms in total. The fourth-order valence-electron chi connectivity index (χ4n) is 1.57. The van der Waals surface area contributed by atoms with Gasteiger partial charge in [0, 0.05) is 5.56 Å². The predicted molar refractivity (Wildman–Crippen MR) is 75.5 cm³/mol. The van der Waals surface area contributed by atoms with Crippen LogP contribution in [0.15, 0.2) is 36.4 Å². The van der Waals surface area contributed by atoms with Gasteiger partial charge in [0.05, 0.1) is 30.8 Å². The van der Waals surface area contributed by atoms with Gasteiger partial charge in [-0.15, -0.1) is 0 Å². The molecule has 0 radical (unpaired) electrons. The molecule has 20 heavy (non-hydrogen) atoms. The zero-order chi connectivity index (χ0) is 15.0. The van der Waals surface area contributed by atoms with Crippen molar-refractivity contribution in [2.75, 3.05) is 18.1 Å². The lowest BCUT2D eigenvalue weighted by Gasteiger charge is -2.11. The minimum Gasteiger partial charge on any atom is -0.390 e. The smallest absolute Gasteiger partial charge is 0.156 e. The zero-order valence-electron chi connectivity index (χ0n) is 11.3. The molecule has 0 bridgehead atoms. The van der Waals surface area contributed by atoms with E-state index in [1.54, 1.807) is 31.2 Å². The minimum absolute atomic E-state index is 0.00135. The van der Waals surface area contributed by atoms with Crippen LogP contribution in [0.25, 0.3) is 0 Å². The van der Waals surface area contributed by atoms with Crippen molar-refractivity contribution >= 4 is 9.84 Å². The summed E-state index contributed by atoms with van der Waals surface area (Å²) >= 11 is 0. The van der Waals surface area contributed by atoms with Gasteiger partial charge in [0.1, 0.15) is 5.82 Å². The lowest BCUT2D eigenvalue weighted by atomic mass is 10.2. The van der Waals surface area contributed by atoms with E-state index in [1.165, 1.54) is 12.1 Å². The summed E-state index contributed by atoms with van der Waals surface area (Å²) in [7, 11) is -3.34. The Hall–Kier alpha value is -1.24. The molecule has 0 aliphatic rings. The number of benzene rings is 1. The summed E-state index contributed by atoms with van der Waals surface area (Å²) < 4.78 is 41.5. The molecule has 112 valence electrons. The van der Waals surface area contributed by atoms with E-state index in [1.807, 2.05) is 0 Å². The van der Waals surface area contributed by atoms with E-state index in [0.29, 0.717) is 5.56 Å². The molecular weight excluding hydrogens is 283 g/mol. The van der Waals surface area contributed by atoms with Crippen LogP contribution in [0.4, 0.5) is 4.39 Å². The van der Waals surface area contributed by atoms with Gasteiger partial charge in [-0.25, -0.2) is 12.8 Å². The second-order valence-electron chi connectivity index (χ2n) is 4.41. The number of ether oxygens (including phenoxy) is 1. The summed E-state index contributed by atoms with van der Waals surface area (Å²) in [5.74, 6) is -0.856. The molecule has 0 aliphatic carbocycles. The van der Waals surface area contributed by atoms with Crippen molar-refractivity contribution in [2.45, 2.75) is 19.6 Å². The van der Waals surface area contributed by atoms with Gasteiger partial charge in [-0.05, 0) is 13.0 Å². The number of rotatable bonds is 8. The average Bonchev–Trinajstić information content (AvgIpc) is 2.38. The normalized spacial score (nSPS) is 13.8. The summed E-state index contributed by atoms with van der Waals surface area (Å²) in [5.41, 5.74) is 0.372. The van der Waals surface area contributed by atoms with Crippen LogP contribution in [0.5, 0.6) is 0 Å². The first-order chi connectivity index (χ1) is 9.44. The first-order valence-corrected chi connectivity index (χ1v) is 8.07. The van der Waals surface area contributed by atoms with Crippen LogP contribution in [-0.4, -0.2) is 37.7 Å². The van der Waals surface area contributed by atoms with Crippen molar-refractivity contribution < 1.29 is 22.7 Å². The standard InChI is InChI=1S/C14H19FO4S/c1-2-3-8-20(17,18)11-13(16)10-19-9-12-6-4-5-7-14(12)15/h2-7,13,16H,8-11H2,1H3. The number of aliphatic hydroxyl groups excluding tert-OH is 1. The lowest BCUT2D eigenvalue weighted by Crippen LogP contribution is -2.26. The molecule has 0 spiro atoms. The maximum Gasteiger partial charge on any atom is 0.156 e. The van der Waals surface area contributed by atoms with Crippen LogP contribution in [-0.2, 0) is 21.2 Å². The molecule has 0 saturated carbocycles. The van der Waals surface area contributed by atoms with E-state index in [0.717, 1.165) is 0 Å². The summed E-state index contributed by atoms with van der Waals surface area (Å²) in [5, 5.41) is 9.61. The van der Waals surface area contributed by atoms with E-state index in [4.69, 9.17) is 4.74 Å². The summed E-state index contributed by atoms with van der Waals surface area (Å²) in [4.78, 5) is 0. The molecular formula is C14H19FO4S. The number of hydrogen-bond acceptors (Lipinski definition) is 4. The Morgan fingerprint density at radius 1 is 1.40 bits per heavy atom. The highest BCUT2D eigenvalue weighted by atomic mass is 32.2. The predicted octanol–water partition coefficient (Wildman–Crippen LogP) is 1.69. The molecule has 1 rings (SSSR count). The highest BCUT2D eigenvalue weighted by Gasteiger charge is 2.16. The molecule has 1 N–H and O–H groups in total. The molecule has 1 aromatic rings. The van der Waals surface area contributed by atoms with E-state index < -0.39 is 15.9 Å². The van der Waals surface area contributed by atoms with Gasteiger partial charge in [0.15, 0.2) is 9.84 Å². The van der Waals surface area contributed by atoms with E-state index >= 15 is 0 Å². The van der Waals surface area contributed by atoms with Gasteiger partial charge in [0.25, 0.3) is 0 Å². The monoisotopic (exact) mass is 302 g/mol. The highest BCUT2D eigenvalue weighted by molar-refractivity contribution is 7.91. The molecule has 0 heterocycles. The van der Waals surface area contributed by atoms with Gasteiger partial charge >= 0.3 is 0 Å². The van der Waals surface area contributed by atoms with Crippen molar-refractivity contribution in [3.05, 3.63) is 47.8 Å². The SMILES string of the molecule is CC=CCS(=O)(=O)CC(O)COCc1ccccc1F. The molecule has 0 saturated heterocycles. The van der Waals surface area contributed by atoms with Crippen molar-refractivity contribution in [1.29, 1.82) is 0 Å². The maximum absolute atomic E-state index is 13.3. The second kappa shape index (κ2) is 8.14. The van der Waals surface area contributed by atoms with E-state index in [9.17, 15) is 17.9 Å². The topological polar surface area (TPSA) is 63.6 Å². The highest BCUT2D eigenvalue weighted by Crippen LogP contribution is 2.08. The first-order valence-electron chi connectivity index (χ1n) is 6.25. The summed E-state index contributed by atoms with van der Waals surface area (Å²) in [6.45, 7) is 1.57. The van der Waals surface area contributed by atoms with Gasteiger partial charge < -0.3 is 9.84 Å². The third kappa shape index (κ3) is 6.27. The number of halogens is 1. The molecule has 1 atom stereocenters. The van der Waals surface area contributed by atoms with Crippen LogP contribution in [0, 0.1) is 5.82 Å². The Morgan fingerprint density at radius 2 is 2.10 bits per heavy atom. The zero-order valence-corrected chi connectivity index (χ0v) is 12.1. The Balaban J connectivity index is 2.37. The first kappa shape index (κ1) is 16.8. The molecule has 0 fully saturated rings. The number of hydrogen-bond donors (Lipinski definition) is 1. The van der Waals surface area contributed by atoms with Crippen LogP contribution in [0.3, 0.4) is 0 Å². The molecule has 6 heteroatoms. The van der Waals surface area contributed by atoms with Crippen molar-refractivity contribution in [3.63, 3.8) is 0 Å². The van der Waals surface area contributed by atoms with Gasteiger partial charge in [-0.2, -0.15) is 0 Å². The Labute approximate surface area is 118 Å². The molecule has 1 aromatic carbocycles. The Morgan fingerprint density at radius 3 is 2.75 bits per heavy atom. The molecule has 0 amide bonds. The second-order valence-corrected chi connectivity index (χ2v) is 6.56. The number of sulfone groups is 1. The minimum atomic E-state index is -3.34. The summed E-state index contributed by atoms with van der Waals surface area (Å²) in [6, 6.07) is 6.14. The lowest BCUT2D eigenvalue weighted by molar-refractivity contribution is 0.0379. The van der Waals surface area contributed by atoms with E-state index in [2.05, 4.69) is 0 Å². The Bertz CT molecular complexity index is 540. The Kier molecular flexibility index (Phi) is 6.84. The van der Waals surface area contributed by atoms with Gasteiger partial charge in [-0.1, -0.05) is 30.4 Å². The molecule has 1 unspecified atom stereocenters. The van der Waals surface area contributed by atoms with Crippen molar-refractivity contribution in [2.24, 2.45) is 0 Å². The third-order valence-corrected chi connectivity index (χ3v) is 4.15. The van der Waals surface area contributed by atoms with Crippen molar-refractivity contribution in [1.82, 2.24) is 0 Å². The fraction of sp³-hybridized carbons (Fsp3) is 0.429. The number of aliphatic hydroxyl groups is 1. The van der Waals surface area contributed by atoms with Gasteiger partial charge in [-0.3, -0.25) is 0 Å². The molecule has 0 aliphatic heterocycles. The van der Waals surface area contributed by atoms with E-state index in [-0.39, 0.29) is 30.5 Å². The van der Waals surface area contributed by atoms with Crippen LogP contribution >= 0.6 is 0 Å². The maximum atomic E-state index is 13.3. The summed E-state index contributed by atoms with van der Waals surface area (Å²) in [6.07, 6.45) is 2.04. The third-order valence-electron chi connectivity index (χ3n) is 2.56. The van der Waals surface area contributed by atoms with Crippen molar-refractivity contribution in [3.8, 4) is 0 Å². The fourth-order valence-corrected chi connectivity index (χ4v) is 2.88. The van der Waals surface area contributed by atoms with Crippen LogP contribution in [0.2, 0.25) is 0 Å².